The molecule has 1 aliphatic rings. The van der Waals surface area contributed by atoms with Gasteiger partial charge in [0.15, 0.2) is 0 Å². The second kappa shape index (κ2) is 10.5. The number of benzene rings is 3. The lowest BCUT2D eigenvalue weighted by Crippen LogP contribution is -2.51. The van der Waals surface area contributed by atoms with Crippen LogP contribution in [0.15, 0.2) is 78.9 Å². The Hall–Kier alpha value is -3.44. The molecule has 5 nitrogen and oxygen atoms in total. The normalized spacial score (nSPS) is 16.7. The summed E-state index contributed by atoms with van der Waals surface area (Å²) in [6, 6.07) is 24.6. The van der Waals surface area contributed by atoms with Crippen LogP contribution < -0.4 is 10.2 Å². The molecule has 0 bridgehead atoms. The fourth-order valence-corrected chi connectivity index (χ4v) is 4.39. The van der Waals surface area contributed by atoms with Crippen LogP contribution in [-0.4, -0.2) is 29.1 Å². The highest BCUT2D eigenvalue weighted by Crippen LogP contribution is 2.29. The number of fused-ring (bicyclic) bond motifs is 1. The molecular weight excluding hydrogens is 412 g/mol. The molecule has 0 spiro atoms. The van der Waals surface area contributed by atoms with Gasteiger partial charge in [-0.1, -0.05) is 78.4 Å². The predicted octanol–water partition coefficient (Wildman–Crippen LogP) is 4.52. The van der Waals surface area contributed by atoms with Gasteiger partial charge < -0.3 is 10.0 Å². The number of carboxylic acid groups (broad SMARTS) is 1. The van der Waals surface area contributed by atoms with E-state index >= 15 is 0 Å². The van der Waals surface area contributed by atoms with E-state index in [1.165, 1.54) is 5.56 Å². The zero-order valence-electron chi connectivity index (χ0n) is 18.9. The first-order chi connectivity index (χ1) is 16.0. The first kappa shape index (κ1) is 22.7. The molecule has 1 aliphatic heterocycles. The average molecular weight is 443 g/mol. The van der Waals surface area contributed by atoms with E-state index in [4.69, 9.17) is 0 Å². The number of amides is 1. The number of carbonyl (C=O) groups is 2. The molecule has 3 aromatic carbocycles. The van der Waals surface area contributed by atoms with Crippen molar-refractivity contribution in [3.63, 3.8) is 0 Å². The Bertz CT molecular complexity index is 1100. The molecule has 2 atom stereocenters. The minimum absolute atomic E-state index is 0.0773. The van der Waals surface area contributed by atoms with Crippen molar-refractivity contribution in [2.45, 2.75) is 51.2 Å². The molecule has 1 heterocycles. The number of hydrogen-bond acceptors (Lipinski definition) is 3. The summed E-state index contributed by atoms with van der Waals surface area (Å²) in [7, 11) is 0. The maximum Gasteiger partial charge on any atom is 0.320 e. The van der Waals surface area contributed by atoms with E-state index in [1.54, 1.807) is 4.90 Å². The number of hydrogen-bond donors (Lipinski definition) is 2. The topological polar surface area (TPSA) is 69.6 Å². The lowest BCUT2D eigenvalue weighted by molar-refractivity contribution is -0.140. The van der Waals surface area contributed by atoms with Crippen LogP contribution in [-0.2, 0) is 29.0 Å². The average Bonchev–Trinajstić information content (AvgIpc) is 2.95. The molecule has 33 heavy (non-hydrogen) atoms. The number of para-hydroxylation sites is 1. The molecule has 0 fully saturated rings. The van der Waals surface area contributed by atoms with Gasteiger partial charge in [-0.05, 0) is 55.4 Å². The van der Waals surface area contributed by atoms with Crippen LogP contribution in [0, 0.1) is 6.92 Å². The van der Waals surface area contributed by atoms with E-state index in [9.17, 15) is 14.7 Å². The van der Waals surface area contributed by atoms with Crippen LogP contribution in [0.2, 0.25) is 0 Å². The lowest BCUT2D eigenvalue weighted by atomic mass is 10.0. The Labute approximate surface area is 195 Å². The highest BCUT2D eigenvalue weighted by molar-refractivity contribution is 5.98. The van der Waals surface area contributed by atoms with Crippen molar-refractivity contribution in [3.8, 4) is 0 Å². The Kier molecular flexibility index (Phi) is 7.20. The second-order valence-electron chi connectivity index (χ2n) is 8.71. The molecule has 170 valence electrons. The quantitative estimate of drug-likeness (QED) is 0.538. The van der Waals surface area contributed by atoms with E-state index in [1.807, 2.05) is 79.7 Å². The zero-order chi connectivity index (χ0) is 23.2. The Morgan fingerprint density at radius 2 is 1.70 bits per heavy atom. The number of nitrogens with one attached hydrogen (secondary N) is 1. The van der Waals surface area contributed by atoms with E-state index in [0.29, 0.717) is 25.8 Å². The fourth-order valence-electron chi connectivity index (χ4n) is 4.39. The summed E-state index contributed by atoms with van der Waals surface area (Å²) in [5.41, 5.74) is 5.32. The smallest absolute Gasteiger partial charge is 0.320 e. The van der Waals surface area contributed by atoms with Crippen molar-refractivity contribution < 1.29 is 14.7 Å². The molecule has 0 saturated heterocycles. The van der Waals surface area contributed by atoms with Crippen LogP contribution in [0.4, 0.5) is 5.69 Å². The minimum atomic E-state index is -0.925. The van der Waals surface area contributed by atoms with Gasteiger partial charge in [-0.25, -0.2) is 0 Å². The van der Waals surface area contributed by atoms with Gasteiger partial charge in [0.2, 0.25) is 5.91 Å². The van der Waals surface area contributed by atoms with Crippen LogP contribution in [0.3, 0.4) is 0 Å². The molecule has 0 aliphatic carbocycles. The molecule has 0 aromatic heterocycles. The molecule has 0 saturated carbocycles. The Morgan fingerprint density at radius 1 is 1.00 bits per heavy atom. The largest absolute Gasteiger partial charge is 0.480 e. The van der Waals surface area contributed by atoms with Gasteiger partial charge in [0.05, 0.1) is 12.6 Å². The van der Waals surface area contributed by atoms with E-state index < -0.39 is 18.1 Å². The predicted molar refractivity (Wildman–Crippen MR) is 130 cm³/mol. The van der Waals surface area contributed by atoms with Crippen LogP contribution in [0.1, 0.15) is 35.1 Å². The maximum absolute atomic E-state index is 13.7. The highest BCUT2D eigenvalue weighted by Gasteiger charge is 2.33. The summed E-state index contributed by atoms with van der Waals surface area (Å²) in [4.78, 5) is 27.5. The summed E-state index contributed by atoms with van der Waals surface area (Å²) in [5.74, 6) is -1.00. The molecule has 2 N–H and O–H groups in total. The van der Waals surface area contributed by atoms with Gasteiger partial charge in [0.25, 0.3) is 0 Å². The van der Waals surface area contributed by atoms with Crippen LogP contribution in [0.5, 0.6) is 0 Å². The Morgan fingerprint density at radius 3 is 2.42 bits per heavy atom. The van der Waals surface area contributed by atoms with E-state index in [-0.39, 0.29) is 5.91 Å². The molecule has 1 unspecified atom stereocenters. The van der Waals surface area contributed by atoms with Crippen LogP contribution in [0.25, 0.3) is 0 Å². The van der Waals surface area contributed by atoms with Crippen molar-refractivity contribution in [3.05, 3.63) is 101 Å². The van der Waals surface area contributed by atoms with Gasteiger partial charge in [-0.15, -0.1) is 0 Å². The molecule has 4 rings (SSSR count). The second-order valence-corrected chi connectivity index (χ2v) is 8.71. The molecule has 3 aromatic rings. The first-order valence-corrected chi connectivity index (χ1v) is 11.5. The SMILES string of the molecule is Cc1ccc(CN2C(=O)C(N[C@@H](CCc3ccccc3)C(=O)O)CCc3ccccc32)cc1. The number of anilines is 1. The summed E-state index contributed by atoms with van der Waals surface area (Å²) in [6.45, 7) is 2.49. The maximum atomic E-state index is 13.7. The third kappa shape index (κ3) is 5.68. The van der Waals surface area contributed by atoms with Crippen molar-refractivity contribution in [2.75, 3.05) is 4.90 Å². The number of aryl methyl sites for hydroxylation is 3. The van der Waals surface area contributed by atoms with E-state index in [0.717, 1.165) is 28.8 Å². The minimum Gasteiger partial charge on any atom is -0.480 e. The van der Waals surface area contributed by atoms with Crippen molar-refractivity contribution in [1.29, 1.82) is 0 Å². The van der Waals surface area contributed by atoms with Gasteiger partial charge in [0, 0.05) is 5.69 Å². The van der Waals surface area contributed by atoms with Gasteiger partial charge >= 0.3 is 5.97 Å². The van der Waals surface area contributed by atoms with Crippen molar-refractivity contribution >= 4 is 17.6 Å². The number of rotatable bonds is 8. The number of aliphatic carboxylic acids is 1. The molecule has 1 amide bonds. The number of nitrogens with zero attached hydrogens (tertiary/aromatic N) is 1. The van der Waals surface area contributed by atoms with Gasteiger partial charge in [0.1, 0.15) is 6.04 Å². The standard InChI is InChI=1S/C28H30N2O3/c1-20-11-13-22(14-12-20)19-30-26-10-6-5-9-23(26)16-18-24(27(30)31)29-25(28(32)33)17-15-21-7-3-2-4-8-21/h2-14,24-25,29H,15-19H2,1H3,(H,32,33)/t24?,25-/m0/s1. The molecule has 0 radical (unpaired) electrons. The molecular formula is C28H30N2O3. The molecule has 5 heteroatoms. The summed E-state index contributed by atoms with van der Waals surface area (Å²) >= 11 is 0. The van der Waals surface area contributed by atoms with Crippen LogP contribution >= 0.6 is 0 Å². The highest BCUT2D eigenvalue weighted by atomic mass is 16.4. The summed E-state index contributed by atoms with van der Waals surface area (Å²) in [6.07, 6.45) is 2.34. The van der Waals surface area contributed by atoms with Crippen molar-refractivity contribution in [2.24, 2.45) is 0 Å². The van der Waals surface area contributed by atoms with Crippen molar-refractivity contribution in [1.82, 2.24) is 5.32 Å². The third-order valence-electron chi connectivity index (χ3n) is 6.28. The monoisotopic (exact) mass is 442 g/mol. The van der Waals surface area contributed by atoms with Gasteiger partial charge in [-0.2, -0.15) is 0 Å². The third-order valence-corrected chi connectivity index (χ3v) is 6.28. The van der Waals surface area contributed by atoms with E-state index in [2.05, 4.69) is 11.4 Å². The first-order valence-electron chi connectivity index (χ1n) is 11.5. The zero-order valence-corrected chi connectivity index (χ0v) is 18.9. The lowest BCUT2D eigenvalue weighted by Gasteiger charge is -2.28. The summed E-state index contributed by atoms with van der Waals surface area (Å²) in [5, 5.41) is 13.0. The number of carboxylic acids is 1. The number of carbonyl (C=O) groups excluding carboxylic acids is 1. The fraction of sp³-hybridized carbons (Fsp3) is 0.286. The Balaban J connectivity index is 1.54. The van der Waals surface area contributed by atoms with Gasteiger partial charge in [-0.3, -0.25) is 14.9 Å². The summed E-state index contributed by atoms with van der Waals surface area (Å²) < 4.78 is 0.